The van der Waals surface area contributed by atoms with Crippen molar-refractivity contribution in [3.63, 3.8) is 0 Å². The molecule has 0 aromatic rings. The van der Waals surface area contributed by atoms with Crippen LogP contribution >= 0.6 is 0 Å². The molecule has 0 spiro atoms. The van der Waals surface area contributed by atoms with Gasteiger partial charge in [0.2, 0.25) is 0 Å². The van der Waals surface area contributed by atoms with Crippen molar-refractivity contribution in [1.82, 2.24) is 0 Å². The van der Waals surface area contributed by atoms with E-state index < -0.39 is 0 Å². The summed E-state index contributed by atoms with van der Waals surface area (Å²) in [6, 6.07) is 0. The highest BCUT2D eigenvalue weighted by atomic mass is 14.6. The van der Waals surface area contributed by atoms with Gasteiger partial charge >= 0.3 is 0 Å². The molecule has 0 heterocycles. The highest BCUT2D eigenvalue weighted by molar-refractivity contribution is 5.00. The van der Waals surface area contributed by atoms with Crippen molar-refractivity contribution >= 4 is 0 Å². The van der Waals surface area contributed by atoms with E-state index in [1.54, 1.807) is 0 Å². The summed E-state index contributed by atoms with van der Waals surface area (Å²) in [7, 11) is 0. The molecule has 0 radical (unpaired) electrons. The van der Waals surface area contributed by atoms with Gasteiger partial charge in [-0.3, -0.25) is 0 Å². The predicted octanol–water partition coefficient (Wildman–Crippen LogP) is 6.30. The lowest BCUT2D eigenvalue weighted by Crippen LogP contribution is -2.47. The maximum Gasteiger partial charge on any atom is -0.0290 e. The molecule has 112 valence electrons. The van der Waals surface area contributed by atoms with Gasteiger partial charge in [0.25, 0.3) is 0 Å². The van der Waals surface area contributed by atoms with Gasteiger partial charge in [0, 0.05) is 0 Å². The minimum atomic E-state index is 0.470. The molecule has 2 rings (SSSR count). The lowest BCUT2D eigenvalue weighted by Gasteiger charge is -2.57. The maximum atomic E-state index is 2.61. The van der Waals surface area contributed by atoms with E-state index in [0.29, 0.717) is 16.2 Å². The SMILES string of the molecule is CC(C1CCC2C(C)(C)CCCC2(C)C1)C(C)(C)C. The Labute approximate surface area is 121 Å². The van der Waals surface area contributed by atoms with Crippen LogP contribution in [0.25, 0.3) is 0 Å². The average Bonchev–Trinajstić information content (AvgIpc) is 2.24. The van der Waals surface area contributed by atoms with E-state index in [1.165, 1.54) is 38.5 Å². The largest absolute Gasteiger partial charge is 0.0617 e. The molecule has 0 bridgehead atoms. The lowest BCUT2D eigenvalue weighted by molar-refractivity contribution is -0.0666. The smallest absolute Gasteiger partial charge is 0.0290 e. The maximum absolute atomic E-state index is 2.61. The molecule has 0 amide bonds. The Morgan fingerprint density at radius 2 is 1.63 bits per heavy atom. The molecule has 2 saturated carbocycles. The second-order valence-electron chi connectivity index (χ2n) is 9.75. The molecule has 0 aromatic carbocycles. The molecule has 2 aliphatic rings. The van der Waals surface area contributed by atoms with E-state index in [9.17, 15) is 0 Å². The van der Waals surface area contributed by atoms with E-state index in [0.717, 1.165) is 17.8 Å². The van der Waals surface area contributed by atoms with Crippen LogP contribution in [0.4, 0.5) is 0 Å². The minimum Gasteiger partial charge on any atom is -0.0617 e. The monoisotopic (exact) mass is 264 g/mol. The van der Waals surface area contributed by atoms with E-state index in [4.69, 9.17) is 0 Å². The summed E-state index contributed by atoms with van der Waals surface area (Å²) in [6.45, 7) is 17.5. The Kier molecular flexibility index (Phi) is 3.87. The molecule has 4 atom stereocenters. The molecule has 2 fully saturated rings. The Balaban J connectivity index is 2.14. The summed E-state index contributed by atoms with van der Waals surface area (Å²) < 4.78 is 0. The van der Waals surface area contributed by atoms with Gasteiger partial charge in [-0.1, -0.05) is 54.9 Å². The van der Waals surface area contributed by atoms with Crippen LogP contribution in [0.1, 0.15) is 87.0 Å². The zero-order valence-electron chi connectivity index (χ0n) is 14.5. The fourth-order valence-corrected chi connectivity index (χ4v) is 5.44. The Morgan fingerprint density at radius 3 is 2.21 bits per heavy atom. The van der Waals surface area contributed by atoms with Crippen molar-refractivity contribution in [1.29, 1.82) is 0 Å². The first-order chi connectivity index (χ1) is 8.56. The summed E-state index contributed by atoms with van der Waals surface area (Å²) >= 11 is 0. The number of hydrogen-bond donors (Lipinski definition) is 0. The average molecular weight is 264 g/mol. The van der Waals surface area contributed by atoms with E-state index >= 15 is 0 Å². The number of hydrogen-bond acceptors (Lipinski definition) is 0. The zero-order valence-corrected chi connectivity index (χ0v) is 14.5. The third kappa shape index (κ3) is 2.88. The highest BCUT2D eigenvalue weighted by Crippen LogP contribution is 2.60. The molecular weight excluding hydrogens is 228 g/mol. The fourth-order valence-electron chi connectivity index (χ4n) is 5.44. The first kappa shape index (κ1) is 15.4. The van der Waals surface area contributed by atoms with Crippen LogP contribution in [0, 0.1) is 34.0 Å². The molecule has 0 saturated heterocycles. The molecular formula is C19H36. The quantitative estimate of drug-likeness (QED) is 0.521. The van der Waals surface area contributed by atoms with Crippen molar-refractivity contribution in [3.8, 4) is 0 Å². The van der Waals surface area contributed by atoms with Gasteiger partial charge in [0.05, 0.1) is 0 Å². The van der Waals surface area contributed by atoms with Gasteiger partial charge in [0.1, 0.15) is 0 Å². The fraction of sp³-hybridized carbons (Fsp3) is 1.00. The van der Waals surface area contributed by atoms with Gasteiger partial charge in [0.15, 0.2) is 0 Å². The van der Waals surface area contributed by atoms with Crippen molar-refractivity contribution in [2.45, 2.75) is 87.0 Å². The molecule has 0 heteroatoms. The first-order valence-electron chi connectivity index (χ1n) is 8.56. The third-order valence-electron chi connectivity index (χ3n) is 6.98. The van der Waals surface area contributed by atoms with Crippen LogP contribution < -0.4 is 0 Å². The zero-order chi connectivity index (χ0) is 14.5. The third-order valence-corrected chi connectivity index (χ3v) is 6.98. The van der Waals surface area contributed by atoms with Crippen molar-refractivity contribution in [3.05, 3.63) is 0 Å². The van der Waals surface area contributed by atoms with E-state index in [-0.39, 0.29) is 0 Å². The number of fused-ring (bicyclic) bond motifs is 1. The van der Waals surface area contributed by atoms with Crippen LogP contribution in [-0.2, 0) is 0 Å². The van der Waals surface area contributed by atoms with Crippen LogP contribution in [0.5, 0.6) is 0 Å². The minimum absolute atomic E-state index is 0.470. The summed E-state index contributed by atoms with van der Waals surface area (Å²) in [5, 5.41) is 0. The van der Waals surface area contributed by atoms with Crippen molar-refractivity contribution in [2.24, 2.45) is 34.0 Å². The van der Waals surface area contributed by atoms with Crippen LogP contribution in [0.2, 0.25) is 0 Å². The normalized spacial score (nSPS) is 40.6. The highest BCUT2D eigenvalue weighted by Gasteiger charge is 2.50. The summed E-state index contributed by atoms with van der Waals surface area (Å²) in [4.78, 5) is 0. The van der Waals surface area contributed by atoms with Gasteiger partial charge < -0.3 is 0 Å². The molecule has 2 aliphatic carbocycles. The topological polar surface area (TPSA) is 0 Å². The van der Waals surface area contributed by atoms with Crippen LogP contribution in [0.3, 0.4) is 0 Å². The Bertz CT molecular complexity index is 319. The molecule has 0 nitrogen and oxygen atoms in total. The Hall–Kier alpha value is 0. The molecule has 4 unspecified atom stereocenters. The standard InChI is InChI=1S/C19H36/c1-14(17(2,3)4)15-9-10-16-18(5,6)11-8-12-19(16,7)13-15/h14-16H,8-13H2,1-7H3. The van der Waals surface area contributed by atoms with Gasteiger partial charge in [-0.15, -0.1) is 0 Å². The molecule has 0 N–H and O–H groups in total. The summed E-state index contributed by atoms with van der Waals surface area (Å²) in [5.74, 6) is 2.78. The second kappa shape index (κ2) is 4.78. The second-order valence-corrected chi connectivity index (χ2v) is 9.75. The van der Waals surface area contributed by atoms with E-state index in [1.807, 2.05) is 0 Å². The number of rotatable bonds is 1. The summed E-state index contributed by atoms with van der Waals surface area (Å²) in [5.41, 5.74) is 1.69. The van der Waals surface area contributed by atoms with Crippen molar-refractivity contribution in [2.75, 3.05) is 0 Å². The summed E-state index contributed by atoms with van der Waals surface area (Å²) in [6.07, 6.45) is 8.83. The Morgan fingerprint density at radius 1 is 1.00 bits per heavy atom. The van der Waals surface area contributed by atoms with E-state index in [2.05, 4.69) is 48.5 Å². The van der Waals surface area contributed by atoms with Gasteiger partial charge in [-0.05, 0) is 66.1 Å². The predicted molar refractivity (Wildman–Crippen MR) is 85.2 cm³/mol. The molecule has 0 aromatic heterocycles. The first-order valence-corrected chi connectivity index (χ1v) is 8.56. The van der Waals surface area contributed by atoms with Crippen molar-refractivity contribution < 1.29 is 0 Å². The van der Waals surface area contributed by atoms with Gasteiger partial charge in [-0.25, -0.2) is 0 Å². The van der Waals surface area contributed by atoms with Crippen LogP contribution in [-0.4, -0.2) is 0 Å². The molecule has 0 aliphatic heterocycles. The lowest BCUT2D eigenvalue weighted by atomic mass is 9.48. The molecule has 19 heavy (non-hydrogen) atoms. The van der Waals surface area contributed by atoms with Crippen LogP contribution in [0.15, 0.2) is 0 Å². The van der Waals surface area contributed by atoms with Gasteiger partial charge in [-0.2, -0.15) is 0 Å².